The van der Waals surface area contributed by atoms with Gasteiger partial charge in [-0.15, -0.1) is 0 Å². The number of hydrogen-bond acceptors (Lipinski definition) is 5. The molecule has 2 rings (SSSR count). The normalized spacial score (nSPS) is 23.7. The summed E-state index contributed by atoms with van der Waals surface area (Å²) in [5, 5.41) is 8.55. The first-order valence-corrected chi connectivity index (χ1v) is 8.85. The maximum atomic E-state index is 12.3. The zero-order chi connectivity index (χ0) is 16.2. The van der Waals surface area contributed by atoms with Crippen LogP contribution in [0.25, 0.3) is 0 Å². The predicted octanol–water partition coefficient (Wildman–Crippen LogP) is -0.600. The molecule has 0 bridgehead atoms. The van der Waals surface area contributed by atoms with Gasteiger partial charge < -0.3 is 9.64 Å². The molecule has 8 nitrogen and oxygen atoms in total. The van der Waals surface area contributed by atoms with Crippen LogP contribution < -0.4 is 0 Å². The van der Waals surface area contributed by atoms with E-state index in [4.69, 9.17) is 10.00 Å². The van der Waals surface area contributed by atoms with Gasteiger partial charge >= 0.3 is 0 Å². The fraction of sp³-hybridized carbons (Fsp3) is 0.846. The maximum absolute atomic E-state index is 12.3. The van der Waals surface area contributed by atoms with Crippen LogP contribution in [0, 0.1) is 11.3 Å². The number of carbonyl (C=O) groups is 1. The Morgan fingerprint density at radius 3 is 2.59 bits per heavy atom. The van der Waals surface area contributed by atoms with Gasteiger partial charge in [0.2, 0.25) is 0 Å². The highest BCUT2D eigenvalue weighted by Crippen LogP contribution is 2.17. The van der Waals surface area contributed by atoms with E-state index in [1.54, 1.807) is 4.90 Å². The molecule has 1 atom stereocenters. The predicted molar refractivity (Wildman–Crippen MR) is 78.9 cm³/mol. The molecule has 0 aromatic heterocycles. The van der Waals surface area contributed by atoms with E-state index >= 15 is 0 Å². The monoisotopic (exact) mass is 330 g/mol. The lowest BCUT2D eigenvalue weighted by Crippen LogP contribution is -2.55. The van der Waals surface area contributed by atoms with Gasteiger partial charge in [-0.2, -0.15) is 22.3 Å². The number of nitriles is 1. The average molecular weight is 330 g/mol. The van der Waals surface area contributed by atoms with E-state index in [9.17, 15) is 13.2 Å². The Morgan fingerprint density at radius 1 is 1.36 bits per heavy atom. The fourth-order valence-electron chi connectivity index (χ4n) is 2.64. The number of carbonyl (C=O) groups excluding carboxylic acids is 1. The number of nitrogens with zero attached hydrogens (tertiary/aromatic N) is 4. The van der Waals surface area contributed by atoms with Crippen LogP contribution in [0.5, 0.6) is 0 Å². The minimum absolute atomic E-state index is 0.0348. The molecule has 0 N–H and O–H groups in total. The molecule has 0 saturated carbocycles. The summed E-state index contributed by atoms with van der Waals surface area (Å²) in [6.07, 6.45) is 1.44. The van der Waals surface area contributed by atoms with Gasteiger partial charge in [0.1, 0.15) is 6.10 Å². The third-order valence-corrected chi connectivity index (χ3v) is 6.00. The van der Waals surface area contributed by atoms with Gasteiger partial charge in [0.25, 0.3) is 16.1 Å². The molecular weight excluding hydrogens is 308 g/mol. The van der Waals surface area contributed by atoms with Crippen LogP contribution in [0.1, 0.15) is 19.3 Å². The Kier molecular flexibility index (Phi) is 5.74. The summed E-state index contributed by atoms with van der Waals surface area (Å²) < 4.78 is 32.6. The zero-order valence-electron chi connectivity index (χ0n) is 12.8. The van der Waals surface area contributed by atoms with Crippen molar-refractivity contribution >= 4 is 16.1 Å². The first kappa shape index (κ1) is 17.1. The molecule has 2 fully saturated rings. The Bertz CT molecular complexity index is 531. The minimum Gasteiger partial charge on any atom is -0.368 e. The molecule has 0 radical (unpaired) electrons. The van der Waals surface area contributed by atoms with Crippen molar-refractivity contribution in [3.63, 3.8) is 0 Å². The Morgan fingerprint density at radius 2 is 2.05 bits per heavy atom. The third kappa shape index (κ3) is 3.76. The van der Waals surface area contributed by atoms with Gasteiger partial charge in [-0.1, -0.05) is 0 Å². The van der Waals surface area contributed by atoms with E-state index in [1.807, 2.05) is 6.07 Å². The lowest BCUT2D eigenvalue weighted by atomic mass is 10.2. The van der Waals surface area contributed by atoms with Crippen molar-refractivity contribution in [1.82, 2.24) is 13.5 Å². The summed E-state index contributed by atoms with van der Waals surface area (Å²) >= 11 is 0. The molecule has 1 unspecified atom stereocenters. The number of amides is 1. The molecule has 0 aromatic rings. The molecule has 0 aromatic carbocycles. The van der Waals surface area contributed by atoms with Crippen LogP contribution in [0.15, 0.2) is 0 Å². The van der Waals surface area contributed by atoms with Crippen LogP contribution in [0.4, 0.5) is 0 Å². The third-order valence-electron chi connectivity index (χ3n) is 4.01. The summed E-state index contributed by atoms with van der Waals surface area (Å²) in [7, 11) is -2.09. The van der Waals surface area contributed by atoms with Crippen LogP contribution >= 0.6 is 0 Å². The SMILES string of the molecule is CN(CCC#N)S(=O)(=O)N1CCN(C(=O)C2CCCO2)CC1. The van der Waals surface area contributed by atoms with Crippen molar-refractivity contribution in [2.75, 3.05) is 46.4 Å². The number of ether oxygens (including phenoxy) is 1. The zero-order valence-corrected chi connectivity index (χ0v) is 13.6. The van der Waals surface area contributed by atoms with Crippen LogP contribution in [-0.4, -0.2) is 80.3 Å². The highest BCUT2D eigenvalue weighted by Gasteiger charge is 2.34. The van der Waals surface area contributed by atoms with E-state index in [0.29, 0.717) is 19.7 Å². The molecule has 124 valence electrons. The van der Waals surface area contributed by atoms with Crippen molar-refractivity contribution in [2.24, 2.45) is 0 Å². The molecule has 2 heterocycles. The quantitative estimate of drug-likeness (QED) is 0.671. The van der Waals surface area contributed by atoms with Crippen LogP contribution in [-0.2, 0) is 19.7 Å². The summed E-state index contributed by atoms with van der Waals surface area (Å²) in [5.41, 5.74) is 0. The summed E-state index contributed by atoms with van der Waals surface area (Å²) in [5.74, 6) is -0.0348. The van der Waals surface area contributed by atoms with Crippen molar-refractivity contribution in [1.29, 1.82) is 5.26 Å². The molecule has 2 aliphatic heterocycles. The van der Waals surface area contributed by atoms with E-state index in [1.165, 1.54) is 15.7 Å². The topological polar surface area (TPSA) is 94.0 Å². The van der Waals surface area contributed by atoms with Crippen molar-refractivity contribution < 1.29 is 17.9 Å². The first-order chi connectivity index (χ1) is 10.5. The molecule has 2 saturated heterocycles. The van der Waals surface area contributed by atoms with E-state index in [0.717, 1.165) is 12.8 Å². The molecule has 1 amide bonds. The van der Waals surface area contributed by atoms with Gasteiger partial charge in [-0.3, -0.25) is 4.79 Å². The van der Waals surface area contributed by atoms with Gasteiger partial charge in [0, 0.05) is 52.8 Å². The number of hydrogen-bond donors (Lipinski definition) is 0. The van der Waals surface area contributed by atoms with Crippen molar-refractivity contribution in [3.8, 4) is 6.07 Å². The van der Waals surface area contributed by atoms with Gasteiger partial charge in [0.15, 0.2) is 0 Å². The smallest absolute Gasteiger partial charge is 0.281 e. The van der Waals surface area contributed by atoms with Gasteiger partial charge in [0.05, 0.1) is 6.07 Å². The first-order valence-electron chi connectivity index (χ1n) is 7.45. The molecule has 22 heavy (non-hydrogen) atoms. The maximum Gasteiger partial charge on any atom is 0.281 e. The molecule has 9 heteroatoms. The van der Waals surface area contributed by atoms with E-state index < -0.39 is 10.2 Å². The average Bonchev–Trinajstić information content (AvgIpc) is 3.06. The molecule has 0 spiro atoms. The number of piperazine rings is 1. The largest absolute Gasteiger partial charge is 0.368 e. The van der Waals surface area contributed by atoms with Crippen LogP contribution in [0.3, 0.4) is 0 Å². The summed E-state index contributed by atoms with van der Waals surface area (Å²) in [4.78, 5) is 13.9. The molecule has 0 aliphatic carbocycles. The van der Waals surface area contributed by atoms with Crippen molar-refractivity contribution in [2.45, 2.75) is 25.4 Å². The lowest BCUT2D eigenvalue weighted by Gasteiger charge is -2.36. The summed E-state index contributed by atoms with van der Waals surface area (Å²) in [6, 6.07) is 1.94. The second kappa shape index (κ2) is 7.37. The van der Waals surface area contributed by atoms with E-state index in [2.05, 4.69) is 0 Å². The summed E-state index contributed by atoms with van der Waals surface area (Å²) in [6.45, 7) is 2.10. The van der Waals surface area contributed by atoms with Crippen LogP contribution in [0.2, 0.25) is 0 Å². The second-order valence-electron chi connectivity index (χ2n) is 5.46. The van der Waals surface area contributed by atoms with Gasteiger partial charge in [-0.05, 0) is 12.8 Å². The molecule has 2 aliphatic rings. The Balaban J connectivity index is 1.88. The fourth-order valence-corrected chi connectivity index (χ4v) is 3.98. The van der Waals surface area contributed by atoms with Gasteiger partial charge in [-0.25, -0.2) is 0 Å². The minimum atomic E-state index is -3.56. The highest BCUT2D eigenvalue weighted by molar-refractivity contribution is 7.86. The second-order valence-corrected chi connectivity index (χ2v) is 7.50. The Labute approximate surface area is 131 Å². The lowest BCUT2D eigenvalue weighted by molar-refractivity contribution is -0.142. The highest BCUT2D eigenvalue weighted by atomic mass is 32.2. The Hall–Kier alpha value is -1.21. The van der Waals surface area contributed by atoms with Crippen molar-refractivity contribution in [3.05, 3.63) is 0 Å². The number of rotatable bonds is 5. The standard InChI is InChI=1S/C13H22N4O4S/c1-15(6-3-5-14)22(19,20)17-9-7-16(8-10-17)13(18)12-4-2-11-21-12/h12H,2-4,6-11H2,1H3. The van der Waals surface area contributed by atoms with E-state index in [-0.39, 0.29) is 38.1 Å². The molecular formula is C13H22N4O4S.